The number of hydrogen-bond acceptors (Lipinski definition) is 5. The Hall–Kier alpha value is -3.47. The molecule has 0 unspecified atom stereocenters. The summed E-state index contributed by atoms with van der Waals surface area (Å²) in [5.74, 6) is 0.275. The molecular formula is C26H28O5. The van der Waals surface area contributed by atoms with E-state index in [1.54, 1.807) is 7.11 Å². The largest absolute Gasteiger partial charge is 0.508 e. The van der Waals surface area contributed by atoms with Crippen molar-refractivity contribution < 1.29 is 24.5 Å². The molecule has 2 N–H and O–H groups in total. The van der Waals surface area contributed by atoms with E-state index in [2.05, 4.69) is 12.7 Å². The van der Waals surface area contributed by atoms with Gasteiger partial charge in [-0.3, -0.25) is 4.79 Å². The van der Waals surface area contributed by atoms with Crippen LogP contribution in [-0.2, 0) is 6.42 Å². The summed E-state index contributed by atoms with van der Waals surface area (Å²) in [4.78, 5) is 12.7. The normalized spacial score (nSPS) is 15.4. The van der Waals surface area contributed by atoms with E-state index < -0.39 is 6.10 Å². The van der Waals surface area contributed by atoms with Crippen LogP contribution in [0.25, 0.3) is 6.08 Å². The quantitative estimate of drug-likeness (QED) is 0.449. The molecule has 3 rings (SSSR count). The van der Waals surface area contributed by atoms with Gasteiger partial charge in [0, 0.05) is 17.7 Å². The van der Waals surface area contributed by atoms with Crippen molar-refractivity contribution in [2.24, 2.45) is 0 Å². The summed E-state index contributed by atoms with van der Waals surface area (Å²) < 4.78 is 11.8. The van der Waals surface area contributed by atoms with Crippen molar-refractivity contribution in [2.75, 3.05) is 7.11 Å². The van der Waals surface area contributed by atoms with Crippen molar-refractivity contribution in [2.45, 2.75) is 39.7 Å². The average Bonchev–Trinajstić information content (AvgIpc) is 2.69. The first-order valence-corrected chi connectivity index (χ1v) is 10.1. The van der Waals surface area contributed by atoms with Crippen LogP contribution in [0.3, 0.4) is 0 Å². The number of carbonyl (C=O) groups excluding carboxylic acids is 1. The van der Waals surface area contributed by atoms with E-state index in [9.17, 15) is 15.0 Å². The van der Waals surface area contributed by atoms with Gasteiger partial charge in [-0.05, 0) is 50.5 Å². The predicted octanol–water partition coefficient (Wildman–Crippen LogP) is 5.91. The van der Waals surface area contributed by atoms with Gasteiger partial charge < -0.3 is 19.7 Å². The number of phenolic OH excluding ortho intramolecular Hbond substituents is 2. The van der Waals surface area contributed by atoms with Crippen LogP contribution in [0.2, 0.25) is 0 Å². The highest BCUT2D eigenvalue weighted by Gasteiger charge is 2.31. The smallest absolute Gasteiger partial charge is 0.174 e. The maximum Gasteiger partial charge on any atom is 0.174 e. The number of allylic oxidation sites excluding steroid dienone is 4. The summed E-state index contributed by atoms with van der Waals surface area (Å²) in [6.07, 6.45) is 6.17. The number of aromatic hydroxyl groups is 2. The van der Waals surface area contributed by atoms with E-state index in [-0.39, 0.29) is 35.0 Å². The van der Waals surface area contributed by atoms with Crippen LogP contribution in [0.1, 0.15) is 60.3 Å². The van der Waals surface area contributed by atoms with E-state index in [0.717, 1.165) is 34.1 Å². The molecule has 1 aliphatic heterocycles. The van der Waals surface area contributed by atoms with Crippen molar-refractivity contribution in [1.29, 1.82) is 0 Å². The van der Waals surface area contributed by atoms with Gasteiger partial charge in [-0.1, -0.05) is 36.0 Å². The lowest BCUT2D eigenvalue weighted by molar-refractivity contribution is 0.0844. The lowest BCUT2D eigenvalue weighted by Crippen LogP contribution is -2.21. The molecule has 1 aliphatic rings. The molecule has 31 heavy (non-hydrogen) atoms. The number of methoxy groups -OCH3 is 1. The molecule has 0 amide bonds. The summed E-state index contributed by atoms with van der Waals surface area (Å²) >= 11 is 0. The molecule has 1 heterocycles. The minimum absolute atomic E-state index is 0.0867. The molecule has 0 aliphatic carbocycles. The Labute approximate surface area is 183 Å². The van der Waals surface area contributed by atoms with Gasteiger partial charge >= 0.3 is 0 Å². The summed E-state index contributed by atoms with van der Waals surface area (Å²) in [6.45, 7) is 9.91. The Bertz CT molecular complexity index is 1090. The van der Waals surface area contributed by atoms with E-state index in [0.29, 0.717) is 6.42 Å². The molecule has 5 heteroatoms. The van der Waals surface area contributed by atoms with Crippen LogP contribution in [-0.4, -0.2) is 23.1 Å². The topological polar surface area (TPSA) is 76.0 Å². The molecule has 0 spiro atoms. The number of ketones is 1. The summed E-state index contributed by atoms with van der Waals surface area (Å²) in [6, 6.07) is 6.43. The Morgan fingerprint density at radius 2 is 1.97 bits per heavy atom. The minimum atomic E-state index is -0.547. The van der Waals surface area contributed by atoms with Crippen LogP contribution in [0.15, 0.2) is 54.1 Å². The van der Waals surface area contributed by atoms with Gasteiger partial charge in [0.15, 0.2) is 5.78 Å². The third-order valence-electron chi connectivity index (χ3n) is 5.06. The van der Waals surface area contributed by atoms with Gasteiger partial charge in [-0.15, -0.1) is 0 Å². The second-order valence-corrected chi connectivity index (χ2v) is 8.04. The fourth-order valence-electron chi connectivity index (χ4n) is 3.61. The van der Waals surface area contributed by atoms with Crippen LogP contribution in [0, 0.1) is 0 Å². The van der Waals surface area contributed by atoms with Gasteiger partial charge in [-0.25, -0.2) is 0 Å². The van der Waals surface area contributed by atoms with Gasteiger partial charge in [0.1, 0.15) is 34.7 Å². The molecule has 0 fully saturated rings. The van der Waals surface area contributed by atoms with Crippen LogP contribution < -0.4 is 9.47 Å². The molecule has 1 atom stereocenters. The molecule has 162 valence electrons. The van der Waals surface area contributed by atoms with Gasteiger partial charge in [-0.2, -0.15) is 0 Å². The summed E-state index contributed by atoms with van der Waals surface area (Å²) in [5, 5.41) is 19.9. The number of phenols is 2. The zero-order valence-corrected chi connectivity index (χ0v) is 18.4. The molecule has 5 nitrogen and oxygen atoms in total. The molecule has 0 saturated carbocycles. The van der Waals surface area contributed by atoms with Crippen molar-refractivity contribution in [1.82, 2.24) is 0 Å². The molecule has 0 radical (unpaired) electrons. The highest BCUT2D eigenvalue weighted by molar-refractivity contribution is 6.02. The number of carbonyl (C=O) groups is 1. The number of Topliss-reactive ketones (excluding diaryl/α,β-unsaturated/α-hetero) is 1. The van der Waals surface area contributed by atoms with Crippen LogP contribution >= 0.6 is 0 Å². The van der Waals surface area contributed by atoms with Crippen LogP contribution in [0.4, 0.5) is 0 Å². The minimum Gasteiger partial charge on any atom is -0.508 e. The summed E-state index contributed by atoms with van der Waals surface area (Å²) in [5.41, 5.74) is 4.86. The average molecular weight is 421 g/mol. The van der Waals surface area contributed by atoms with Crippen molar-refractivity contribution in [3.8, 4) is 23.0 Å². The SMILES string of the molecule is C=C(C)/C=C/c1cc([C@@H]2CC(=O)c3c(O)cc(O)cc3O2)cc(CC=C(C)C)c1OC. The first-order valence-electron chi connectivity index (χ1n) is 10.1. The highest BCUT2D eigenvalue weighted by atomic mass is 16.5. The van der Waals surface area contributed by atoms with Gasteiger partial charge in [0.2, 0.25) is 0 Å². The number of benzene rings is 2. The fraction of sp³-hybridized carbons (Fsp3) is 0.269. The Kier molecular flexibility index (Phi) is 6.54. The Morgan fingerprint density at radius 3 is 2.61 bits per heavy atom. The monoisotopic (exact) mass is 420 g/mol. The molecule has 2 aromatic carbocycles. The fourth-order valence-corrected chi connectivity index (χ4v) is 3.61. The maximum atomic E-state index is 12.7. The summed E-state index contributed by atoms with van der Waals surface area (Å²) in [7, 11) is 1.64. The van der Waals surface area contributed by atoms with Gasteiger partial charge in [0.25, 0.3) is 0 Å². The number of rotatable bonds is 6. The molecule has 0 saturated heterocycles. The van der Waals surface area contributed by atoms with Crippen molar-refractivity contribution >= 4 is 11.9 Å². The lowest BCUT2D eigenvalue weighted by atomic mass is 9.92. The molecule has 0 bridgehead atoms. The number of hydrogen-bond donors (Lipinski definition) is 2. The van der Waals surface area contributed by atoms with Crippen LogP contribution in [0.5, 0.6) is 23.0 Å². The zero-order chi connectivity index (χ0) is 22.7. The lowest BCUT2D eigenvalue weighted by Gasteiger charge is -2.27. The van der Waals surface area contributed by atoms with E-state index >= 15 is 0 Å². The zero-order valence-electron chi connectivity index (χ0n) is 18.4. The molecule has 0 aromatic heterocycles. The standard InChI is InChI=1S/C26H28O5/c1-15(2)6-8-17-10-19(11-18(26(17)30-5)9-7-16(3)4)23-14-22(29)25-21(28)12-20(27)13-24(25)31-23/h6-8,10-13,23,27-28H,1,9,14H2,2-5H3/b8-6+/t23-/m0/s1. The predicted molar refractivity (Wildman–Crippen MR) is 122 cm³/mol. The van der Waals surface area contributed by atoms with Gasteiger partial charge in [0.05, 0.1) is 13.5 Å². The van der Waals surface area contributed by atoms with E-state index in [4.69, 9.17) is 9.47 Å². The second kappa shape index (κ2) is 9.13. The second-order valence-electron chi connectivity index (χ2n) is 8.04. The van der Waals surface area contributed by atoms with Crippen molar-refractivity contribution in [3.05, 3.63) is 76.4 Å². The third-order valence-corrected chi connectivity index (χ3v) is 5.06. The number of fused-ring (bicyclic) bond motifs is 1. The molecular weight excluding hydrogens is 392 g/mol. The van der Waals surface area contributed by atoms with E-state index in [1.807, 2.05) is 45.1 Å². The number of ether oxygens (including phenoxy) is 2. The van der Waals surface area contributed by atoms with Crippen molar-refractivity contribution in [3.63, 3.8) is 0 Å². The first kappa shape index (κ1) is 22.2. The Balaban J connectivity index is 2.10. The van der Waals surface area contributed by atoms with E-state index in [1.165, 1.54) is 11.6 Å². The third kappa shape index (κ3) is 5.00. The first-order chi connectivity index (χ1) is 14.7. The highest BCUT2D eigenvalue weighted by Crippen LogP contribution is 2.42. The molecule has 2 aromatic rings. The Morgan fingerprint density at radius 1 is 1.23 bits per heavy atom. The maximum absolute atomic E-state index is 12.7.